The predicted octanol–water partition coefficient (Wildman–Crippen LogP) is 0.822. The molecule has 1 unspecified atom stereocenters. The number of benzene rings is 1. The van der Waals surface area contributed by atoms with Crippen LogP contribution in [0.4, 0.5) is 13.2 Å². The molecular formula is C24H25F3N4O9S. The monoisotopic (exact) mass is 602 g/mol. The van der Waals surface area contributed by atoms with E-state index in [2.05, 4.69) is 10.0 Å². The summed E-state index contributed by atoms with van der Waals surface area (Å²) in [6.45, 7) is 0.324. The van der Waals surface area contributed by atoms with Gasteiger partial charge in [-0.3, -0.25) is 18.8 Å². The lowest BCUT2D eigenvalue weighted by molar-refractivity contribution is -0.192. The van der Waals surface area contributed by atoms with E-state index in [1.54, 1.807) is 18.2 Å². The second kappa shape index (κ2) is 14.2. The molecule has 2 aromatic heterocycles. The first-order valence-electron chi connectivity index (χ1n) is 11.5. The fourth-order valence-electron chi connectivity index (χ4n) is 3.04. The molecule has 0 saturated heterocycles. The van der Waals surface area contributed by atoms with Crippen LogP contribution in [0.2, 0.25) is 0 Å². The first kappa shape index (κ1) is 32.7. The average Bonchev–Trinajstić information content (AvgIpc) is 2.91. The summed E-state index contributed by atoms with van der Waals surface area (Å²) in [5.41, 5.74) is 5.34. The Morgan fingerprint density at radius 2 is 1.68 bits per heavy atom. The molecular weight excluding hydrogens is 577 g/mol. The van der Waals surface area contributed by atoms with E-state index in [-0.39, 0.29) is 10.5 Å². The molecule has 17 heteroatoms. The Morgan fingerprint density at radius 1 is 1.05 bits per heavy atom. The van der Waals surface area contributed by atoms with Gasteiger partial charge in [-0.15, -0.1) is 0 Å². The maximum atomic E-state index is 12.6. The summed E-state index contributed by atoms with van der Waals surface area (Å²) < 4.78 is 65.5. The number of carbonyl (C=O) groups is 3. The van der Waals surface area contributed by atoms with E-state index in [0.29, 0.717) is 30.8 Å². The number of halogens is 3. The molecule has 6 N–H and O–H groups in total. The van der Waals surface area contributed by atoms with Gasteiger partial charge in [0.1, 0.15) is 11.8 Å². The molecule has 13 nitrogen and oxygen atoms in total. The van der Waals surface area contributed by atoms with E-state index in [0.717, 1.165) is 6.07 Å². The van der Waals surface area contributed by atoms with Crippen molar-refractivity contribution in [3.63, 3.8) is 0 Å². The van der Waals surface area contributed by atoms with Crippen LogP contribution in [0.15, 0.2) is 70.5 Å². The van der Waals surface area contributed by atoms with Crippen LogP contribution in [-0.2, 0) is 19.6 Å². The van der Waals surface area contributed by atoms with Crippen molar-refractivity contribution >= 4 is 33.4 Å². The van der Waals surface area contributed by atoms with Gasteiger partial charge >= 0.3 is 18.1 Å². The summed E-state index contributed by atoms with van der Waals surface area (Å²) in [5.74, 6) is -4.48. The predicted molar refractivity (Wildman–Crippen MR) is 137 cm³/mol. The number of hydrogen-bond acceptors (Lipinski definition) is 8. The number of carboxylic acids is 2. The average molecular weight is 603 g/mol. The number of nitrogens with two attached hydrogens (primary N) is 1. The number of aliphatic carboxylic acids is 2. The van der Waals surface area contributed by atoms with Crippen LogP contribution < -0.4 is 26.1 Å². The minimum absolute atomic E-state index is 0.0147. The third-order valence-electron chi connectivity index (χ3n) is 5.01. The van der Waals surface area contributed by atoms with Gasteiger partial charge in [0.15, 0.2) is 0 Å². The Labute approximate surface area is 230 Å². The zero-order chi connectivity index (χ0) is 30.8. The molecule has 0 fully saturated rings. The lowest BCUT2D eigenvalue weighted by Gasteiger charge is -2.16. The van der Waals surface area contributed by atoms with Crippen molar-refractivity contribution in [3.8, 4) is 5.75 Å². The zero-order valence-electron chi connectivity index (χ0n) is 21.0. The first-order chi connectivity index (χ1) is 19.2. The van der Waals surface area contributed by atoms with E-state index in [1.165, 1.54) is 40.9 Å². The molecule has 1 atom stereocenters. The number of alkyl halides is 3. The van der Waals surface area contributed by atoms with Crippen LogP contribution in [0, 0.1) is 0 Å². The Morgan fingerprint density at radius 3 is 2.24 bits per heavy atom. The number of rotatable bonds is 11. The van der Waals surface area contributed by atoms with Gasteiger partial charge in [0, 0.05) is 30.4 Å². The summed E-state index contributed by atoms with van der Waals surface area (Å²) in [6.07, 6.45) is -2.92. The number of hydrogen-bond donors (Lipinski definition) is 5. The lowest BCUT2D eigenvalue weighted by atomic mass is 10.2. The number of ether oxygens (including phenoxy) is 1. The van der Waals surface area contributed by atoms with Crippen LogP contribution in [0.1, 0.15) is 16.8 Å². The Balaban J connectivity index is 0.000000745. The van der Waals surface area contributed by atoms with E-state index >= 15 is 0 Å². The van der Waals surface area contributed by atoms with Crippen LogP contribution >= 0.6 is 0 Å². The molecule has 0 radical (unpaired) electrons. The molecule has 0 saturated carbocycles. The molecule has 3 rings (SSSR count). The third-order valence-corrected chi connectivity index (χ3v) is 6.50. The number of amides is 1. The maximum Gasteiger partial charge on any atom is 0.490 e. The summed E-state index contributed by atoms with van der Waals surface area (Å²) in [5, 5.41) is 18.9. The fraction of sp³-hybridized carbons (Fsp3) is 0.250. The highest BCUT2D eigenvalue weighted by atomic mass is 32.2. The van der Waals surface area contributed by atoms with Crippen molar-refractivity contribution in [2.75, 3.05) is 19.7 Å². The summed E-state index contributed by atoms with van der Waals surface area (Å²) in [6, 6.07) is 11.4. The number of carbonyl (C=O) groups excluding carboxylic acids is 1. The van der Waals surface area contributed by atoms with Gasteiger partial charge in [-0.05, 0) is 37.2 Å². The second-order valence-corrected chi connectivity index (χ2v) is 9.78. The summed E-state index contributed by atoms with van der Waals surface area (Å²) in [7, 11) is -4.12. The highest BCUT2D eigenvalue weighted by molar-refractivity contribution is 7.89. The van der Waals surface area contributed by atoms with Crippen molar-refractivity contribution < 1.29 is 50.9 Å². The number of nitrogens with zero attached hydrogens (tertiary/aromatic N) is 1. The maximum absolute atomic E-state index is 12.6. The number of aromatic nitrogens is 1. The van der Waals surface area contributed by atoms with Crippen molar-refractivity contribution in [2.45, 2.75) is 23.5 Å². The molecule has 0 spiro atoms. The number of carboxylic acid groups (broad SMARTS) is 2. The van der Waals surface area contributed by atoms with E-state index in [9.17, 15) is 41.1 Å². The molecule has 0 aliphatic heterocycles. The molecule has 1 amide bonds. The molecule has 3 aromatic rings. The molecule has 0 aliphatic carbocycles. The lowest BCUT2D eigenvalue weighted by Crippen LogP contribution is -2.48. The van der Waals surface area contributed by atoms with E-state index < -0.39 is 52.2 Å². The molecule has 0 aliphatic rings. The van der Waals surface area contributed by atoms with Gasteiger partial charge in [0.2, 0.25) is 10.0 Å². The van der Waals surface area contributed by atoms with E-state index in [4.69, 9.17) is 20.4 Å². The van der Waals surface area contributed by atoms with Gasteiger partial charge in [-0.25, -0.2) is 13.2 Å². The quantitative estimate of drug-likeness (QED) is 0.195. The van der Waals surface area contributed by atoms with Crippen LogP contribution in [-0.4, -0.2) is 72.8 Å². The van der Waals surface area contributed by atoms with Gasteiger partial charge in [0.25, 0.3) is 11.5 Å². The molecule has 1 aromatic carbocycles. The van der Waals surface area contributed by atoms with Crippen molar-refractivity contribution in [2.24, 2.45) is 5.73 Å². The Hall–Kier alpha value is -4.48. The van der Waals surface area contributed by atoms with Crippen molar-refractivity contribution in [1.82, 2.24) is 14.4 Å². The van der Waals surface area contributed by atoms with Gasteiger partial charge < -0.3 is 26.0 Å². The van der Waals surface area contributed by atoms with Crippen molar-refractivity contribution in [1.29, 1.82) is 0 Å². The molecule has 222 valence electrons. The van der Waals surface area contributed by atoms with Gasteiger partial charge in [-0.1, -0.05) is 18.2 Å². The highest BCUT2D eigenvalue weighted by Crippen LogP contribution is 2.15. The Bertz CT molecular complexity index is 1550. The van der Waals surface area contributed by atoms with Gasteiger partial charge in [0.05, 0.1) is 17.0 Å². The van der Waals surface area contributed by atoms with Crippen LogP contribution in [0.25, 0.3) is 5.52 Å². The van der Waals surface area contributed by atoms with Crippen LogP contribution in [0.3, 0.4) is 0 Å². The van der Waals surface area contributed by atoms with Gasteiger partial charge in [-0.2, -0.15) is 17.9 Å². The zero-order valence-corrected chi connectivity index (χ0v) is 21.8. The number of fused-ring (bicyclic) bond motifs is 1. The highest BCUT2D eigenvalue weighted by Gasteiger charge is 2.38. The summed E-state index contributed by atoms with van der Waals surface area (Å²) >= 11 is 0. The second-order valence-electron chi connectivity index (χ2n) is 8.07. The number of pyridine rings is 2. The summed E-state index contributed by atoms with van der Waals surface area (Å²) in [4.78, 5) is 45.4. The van der Waals surface area contributed by atoms with Crippen molar-refractivity contribution in [3.05, 3.63) is 76.7 Å². The topological polar surface area (TPSA) is 207 Å². The molecule has 41 heavy (non-hydrogen) atoms. The number of sulfonamides is 1. The largest absolute Gasteiger partial charge is 0.493 e. The Kier molecular flexibility index (Phi) is 11.4. The number of nitrogens with one attached hydrogen (secondary N) is 2. The minimum Gasteiger partial charge on any atom is -0.493 e. The first-order valence-corrected chi connectivity index (χ1v) is 13.0. The standard InChI is InChI=1S/C22H24N4O7S.C2HF3O2/c23-8-4-10-33-17-7-9-26-16(13-17)11-15(12-20(26)27)21(28)24-14-19(22(29)30)25-34(31,32)18-5-2-1-3-6-18;3-2(4,5)1(6)7/h1-3,5-7,9,11-13,19,25H,4,8,10,14,23H2,(H,24,28)(H,29,30);(H,6,7). The minimum atomic E-state index is -5.08. The van der Waals surface area contributed by atoms with Crippen LogP contribution in [0.5, 0.6) is 5.75 Å². The smallest absolute Gasteiger partial charge is 0.490 e. The fourth-order valence-corrected chi connectivity index (χ4v) is 4.25. The molecule has 0 bridgehead atoms. The normalized spacial score (nSPS) is 12.1. The third kappa shape index (κ3) is 9.89. The molecule has 2 heterocycles. The SMILES string of the molecule is NCCCOc1ccn2c(=O)cc(C(=O)NCC(NS(=O)(=O)c3ccccc3)C(=O)O)cc2c1.O=C(O)C(F)(F)F. The van der Waals surface area contributed by atoms with E-state index in [1.807, 2.05) is 0 Å².